The molecule has 4 nitrogen and oxygen atoms in total. The van der Waals surface area contributed by atoms with Crippen molar-refractivity contribution in [2.24, 2.45) is 10.8 Å². The molecular formula is C16H20O4S2. The largest absolute Gasteiger partial charge is 0.464 e. The van der Waals surface area contributed by atoms with Gasteiger partial charge in [-0.15, -0.1) is 0 Å². The lowest BCUT2D eigenvalue weighted by Gasteiger charge is -2.44. The lowest BCUT2D eigenvalue weighted by molar-refractivity contribution is -0.151. The van der Waals surface area contributed by atoms with Crippen LogP contribution in [0.4, 0.5) is 0 Å². The van der Waals surface area contributed by atoms with Gasteiger partial charge in [0.15, 0.2) is 17.3 Å². The average molecular weight is 340 g/mol. The van der Waals surface area contributed by atoms with E-state index in [4.69, 9.17) is 4.74 Å². The van der Waals surface area contributed by atoms with E-state index in [1.807, 2.05) is 27.7 Å². The summed E-state index contributed by atoms with van der Waals surface area (Å²) in [5.74, 6) is 0.239. The minimum atomic E-state index is -1.44. The Hall–Kier alpha value is -0.750. The molecule has 0 N–H and O–H groups in total. The average Bonchev–Trinajstić information content (AvgIpc) is 2.33. The molecule has 3 rings (SSSR count). The van der Waals surface area contributed by atoms with Crippen molar-refractivity contribution in [2.75, 3.05) is 0 Å². The van der Waals surface area contributed by atoms with Crippen molar-refractivity contribution in [3.8, 4) is 0 Å². The molecule has 0 atom stereocenters. The standard InChI is InChI=1S/C16H20O4S2/c1-14(2)5-9(17)13-10(6-14)20-16(22-21-13)11(18)7-15(3,4)8-12(16)19/h5-8H2,1-4H3. The van der Waals surface area contributed by atoms with Crippen LogP contribution in [0.2, 0.25) is 0 Å². The molecule has 0 radical (unpaired) electrons. The SMILES string of the molecule is CC1(C)CC(=O)C2(OC3=C(SS2)C(=O)CC(C)(C)C3)C(=O)C1. The minimum absolute atomic E-state index is 0.0506. The Kier molecular flexibility index (Phi) is 3.57. The minimum Gasteiger partial charge on any atom is -0.464 e. The van der Waals surface area contributed by atoms with Gasteiger partial charge in [-0.3, -0.25) is 14.4 Å². The number of rotatable bonds is 0. The fourth-order valence-corrected chi connectivity index (χ4v) is 6.10. The molecule has 0 aromatic heterocycles. The highest BCUT2D eigenvalue weighted by Crippen LogP contribution is 2.57. The molecule has 2 aliphatic carbocycles. The molecule has 1 fully saturated rings. The van der Waals surface area contributed by atoms with Crippen LogP contribution in [-0.4, -0.2) is 22.3 Å². The summed E-state index contributed by atoms with van der Waals surface area (Å²) in [6, 6.07) is 0. The van der Waals surface area contributed by atoms with E-state index in [9.17, 15) is 14.4 Å². The second kappa shape index (κ2) is 4.87. The van der Waals surface area contributed by atoms with Gasteiger partial charge in [-0.1, -0.05) is 27.7 Å². The van der Waals surface area contributed by atoms with Crippen LogP contribution in [0, 0.1) is 10.8 Å². The molecule has 0 unspecified atom stereocenters. The van der Waals surface area contributed by atoms with E-state index in [-0.39, 0.29) is 28.2 Å². The zero-order valence-electron chi connectivity index (χ0n) is 13.3. The van der Waals surface area contributed by atoms with Gasteiger partial charge in [-0.05, 0) is 32.4 Å². The molecule has 120 valence electrons. The Morgan fingerprint density at radius 1 is 0.864 bits per heavy atom. The van der Waals surface area contributed by atoms with Crippen LogP contribution in [0.25, 0.3) is 0 Å². The van der Waals surface area contributed by atoms with Crippen LogP contribution >= 0.6 is 21.6 Å². The van der Waals surface area contributed by atoms with E-state index < -0.39 is 4.93 Å². The third-order valence-electron chi connectivity index (χ3n) is 4.31. The van der Waals surface area contributed by atoms with Crippen molar-refractivity contribution in [3.63, 3.8) is 0 Å². The van der Waals surface area contributed by atoms with Crippen LogP contribution in [0.5, 0.6) is 0 Å². The van der Waals surface area contributed by atoms with E-state index in [2.05, 4.69) is 0 Å². The Bertz CT molecular complexity index is 596. The molecule has 3 aliphatic rings. The lowest BCUT2D eigenvalue weighted by Crippen LogP contribution is -2.53. The molecule has 0 saturated heterocycles. The number of hydrogen-bond acceptors (Lipinski definition) is 6. The maximum atomic E-state index is 12.6. The molecule has 1 aliphatic heterocycles. The Morgan fingerprint density at radius 2 is 1.41 bits per heavy atom. The van der Waals surface area contributed by atoms with Gasteiger partial charge >= 0.3 is 0 Å². The zero-order chi connectivity index (χ0) is 16.3. The summed E-state index contributed by atoms with van der Waals surface area (Å²) in [7, 11) is 2.36. The van der Waals surface area contributed by atoms with E-state index in [1.54, 1.807) is 0 Å². The normalized spacial score (nSPS) is 29.4. The number of carbonyl (C=O) groups is 3. The lowest BCUT2D eigenvalue weighted by atomic mass is 9.74. The first-order valence-electron chi connectivity index (χ1n) is 7.42. The third kappa shape index (κ3) is 2.54. The first-order chi connectivity index (χ1) is 10.0. The number of Topliss-reactive ketones (excluding diaryl/α,β-unsaturated/α-hetero) is 3. The molecule has 1 saturated carbocycles. The molecule has 0 amide bonds. The number of allylic oxidation sites excluding steroid dienone is 2. The van der Waals surface area contributed by atoms with Crippen molar-refractivity contribution in [3.05, 3.63) is 10.7 Å². The van der Waals surface area contributed by atoms with Crippen LogP contribution < -0.4 is 0 Å². The fraction of sp³-hybridized carbons (Fsp3) is 0.688. The Labute approximate surface area is 138 Å². The molecule has 0 aromatic carbocycles. The van der Waals surface area contributed by atoms with Gasteiger partial charge in [-0.25, -0.2) is 0 Å². The second-order valence-corrected chi connectivity index (χ2v) is 10.3. The van der Waals surface area contributed by atoms with Crippen molar-refractivity contribution in [2.45, 2.75) is 58.3 Å². The van der Waals surface area contributed by atoms with Crippen molar-refractivity contribution < 1.29 is 19.1 Å². The summed E-state index contributed by atoms with van der Waals surface area (Å²) < 4.78 is 5.94. The quantitative estimate of drug-likeness (QED) is 0.495. The van der Waals surface area contributed by atoms with E-state index >= 15 is 0 Å². The maximum Gasteiger partial charge on any atom is 0.280 e. The van der Waals surface area contributed by atoms with Gasteiger partial charge in [0.05, 0.1) is 4.91 Å². The number of hydrogen-bond donors (Lipinski definition) is 0. The van der Waals surface area contributed by atoms with E-state index in [0.29, 0.717) is 36.3 Å². The van der Waals surface area contributed by atoms with Crippen LogP contribution in [0.3, 0.4) is 0 Å². The summed E-state index contributed by atoms with van der Waals surface area (Å²) in [5.41, 5.74) is -0.510. The van der Waals surface area contributed by atoms with Gasteiger partial charge in [0.1, 0.15) is 5.76 Å². The summed E-state index contributed by atoms with van der Waals surface area (Å²) in [5, 5.41) is 0. The highest BCUT2D eigenvalue weighted by molar-refractivity contribution is 8.79. The topological polar surface area (TPSA) is 60.4 Å². The van der Waals surface area contributed by atoms with E-state index in [0.717, 1.165) is 10.8 Å². The monoisotopic (exact) mass is 340 g/mol. The predicted molar refractivity (Wildman–Crippen MR) is 87.1 cm³/mol. The smallest absolute Gasteiger partial charge is 0.280 e. The number of ketones is 3. The second-order valence-electron chi connectivity index (χ2n) is 7.94. The molecule has 1 heterocycles. The predicted octanol–water partition coefficient (Wildman–Crippen LogP) is 3.65. The van der Waals surface area contributed by atoms with E-state index in [1.165, 1.54) is 10.8 Å². The number of carbonyl (C=O) groups excluding carboxylic acids is 3. The summed E-state index contributed by atoms with van der Waals surface area (Å²) in [6.45, 7) is 7.86. The van der Waals surface area contributed by atoms with Gasteiger partial charge in [-0.2, -0.15) is 0 Å². The molecule has 22 heavy (non-hydrogen) atoms. The summed E-state index contributed by atoms with van der Waals surface area (Å²) in [6.07, 6.45) is 1.72. The first kappa shape index (κ1) is 16.1. The van der Waals surface area contributed by atoms with Crippen LogP contribution in [0.1, 0.15) is 53.4 Å². The molecule has 1 spiro atoms. The van der Waals surface area contributed by atoms with Crippen molar-refractivity contribution >= 4 is 38.9 Å². The maximum absolute atomic E-state index is 12.6. The molecule has 0 aromatic rings. The Morgan fingerprint density at radius 3 is 2.00 bits per heavy atom. The Balaban J connectivity index is 1.95. The molecule has 6 heteroatoms. The van der Waals surface area contributed by atoms with Gasteiger partial charge in [0, 0.05) is 25.7 Å². The van der Waals surface area contributed by atoms with Gasteiger partial charge in [0.2, 0.25) is 0 Å². The first-order valence-corrected chi connectivity index (χ1v) is 9.57. The van der Waals surface area contributed by atoms with Crippen molar-refractivity contribution in [1.29, 1.82) is 0 Å². The molecule has 0 bridgehead atoms. The third-order valence-corrected chi connectivity index (χ3v) is 7.24. The number of ether oxygens (including phenoxy) is 1. The fourth-order valence-electron chi connectivity index (χ4n) is 3.24. The van der Waals surface area contributed by atoms with Gasteiger partial charge < -0.3 is 4.74 Å². The highest BCUT2D eigenvalue weighted by atomic mass is 33.1. The summed E-state index contributed by atoms with van der Waals surface area (Å²) >= 11 is 0. The van der Waals surface area contributed by atoms with Crippen LogP contribution in [0.15, 0.2) is 10.7 Å². The zero-order valence-corrected chi connectivity index (χ0v) is 14.9. The summed E-state index contributed by atoms with van der Waals surface area (Å²) in [4.78, 5) is 36.6. The molecular weight excluding hydrogens is 320 g/mol. The van der Waals surface area contributed by atoms with Crippen molar-refractivity contribution in [1.82, 2.24) is 0 Å². The van der Waals surface area contributed by atoms with Gasteiger partial charge in [0.25, 0.3) is 4.93 Å². The van der Waals surface area contributed by atoms with Crippen LogP contribution in [-0.2, 0) is 19.1 Å². The highest BCUT2D eigenvalue weighted by Gasteiger charge is 2.58.